The number of hydrogen-bond donors (Lipinski definition) is 2. The second-order valence-corrected chi connectivity index (χ2v) is 5.07. The molecule has 0 saturated heterocycles. The van der Waals surface area contributed by atoms with Crippen molar-refractivity contribution in [3.05, 3.63) is 34.3 Å². The fourth-order valence-corrected chi connectivity index (χ4v) is 2.37. The lowest BCUT2D eigenvalue weighted by Crippen LogP contribution is -2.26. The number of aliphatic hydroxyl groups excluding tert-OH is 1. The lowest BCUT2D eigenvalue weighted by atomic mass is 10.1. The van der Waals surface area contributed by atoms with Gasteiger partial charge in [-0.25, -0.2) is 0 Å². The van der Waals surface area contributed by atoms with E-state index in [-0.39, 0.29) is 6.61 Å². The zero-order valence-electron chi connectivity index (χ0n) is 9.54. The van der Waals surface area contributed by atoms with E-state index in [9.17, 15) is 0 Å². The molecule has 0 heterocycles. The molecule has 1 aliphatic carbocycles. The summed E-state index contributed by atoms with van der Waals surface area (Å²) in [5.74, 6) is 0.309. The van der Waals surface area contributed by atoms with Gasteiger partial charge in [0.1, 0.15) is 0 Å². The Morgan fingerprint density at radius 2 is 2.38 bits per heavy atom. The van der Waals surface area contributed by atoms with Crippen LogP contribution in [0.5, 0.6) is 0 Å². The Labute approximate surface area is 102 Å². The minimum atomic E-state index is 0.238. The molecule has 2 rings (SSSR count). The molecule has 2 nitrogen and oxygen atoms in total. The maximum absolute atomic E-state index is 8.99. The van der Waals surface area contributed by atoms with Crippen LogP contribution in [-0.2, 0) is 6.42 Å². The molecule has 2 atom stereocenters. The third kappa shape index (κ3) is 2.57. The molecule has 0 bridgehead atoms. The number of benzene rings is 1. The molecule has 0 spiro atoms. The van der Waals surface area contributed by atoms with Crippen LogP contribution in [0.4, 0.5) is 0 Å². The van der Waals surface area contributed by atoms with E-state index >= 15 is 0 Å². The van der Waals surface area contributed by atoms with Gasteiger partial charge in [-0.05, 0) is 42.0 Å². The summed E-state index contributed by atoms with van der Waals surface area (Å²) in [6.45, 7) is 3.13. The summed E-state index contributed by atoms with van der Waals surface area (Å²) in [5, 5.41) is 13.3. The van der Waals surface area contributed by atoms with Gasteiger partial charge in [-0.3, -0.25) is 0 Å². The van der Waals surface area contributed by atoms with Crippen LogP contribution in [0.1, 0.15) is 30.5 Å². The van der Waals surface area contributed by atoms with Gasteiger partial charge < -0.3 is 10.4 Å². The molecule has 2 unspecified atom stereocenters. The van der Waals surface area contributed by atoms with Crippen LogP contribution in [0.3, 0.4) is 0 Å². The molecule has 1 aromatic carbocycles. The summed E-state index contributed by atoms with van der Waals surface area (Å²) in [7, 11) is 0. The van der Waals surface area contributed by atoms with Crippen molar-refractivity contribution < 1.29 is 5.11 Å². The van der Waals surface area contributed by atoms with E-state index in [1.165, 1.54) is 11.1 Å². The number of fused-ring (bicyclic) bond motifs is 1. The highest BCUT2D eigenvalue weighted by atomic mass is 35.5. The molecule has 1 aromatic rings. The number of aryl methyl sites for hydroxylation is 1. The Bertz CT molecular complexity index is 367. The monoisotopic (exact) mass is 239 g/mol. The lowest BCUT2D eigenvalue weighted by Gasteiger charge is -2.16. The molecule has 0 aliphatic heterocycles. The van der Waals surface area contributed by atoms with Gasteiger partial charge >= 0.3 is 0 Å². The van der Waals surface area contributed by atoms with E-state index in [4.69, 9.17) is 16.7 Å². The Balaban J connectivity index is 2.02. The third-order valence-electron chi connectivity index (χ3n) is 3.21. The second kappa shape index (κ2) is 5.17. The SMILES string of the molecule is CC(CO)CNC1CCc2ccc(Cl)cc21. The number of halogens is 1. The van der Waals surface area contributed by atoms with Crippen LogP contribution in [0.25, 0.3) is 0 Å². The Hall–Kier alpha value is -0.570. The highest BCUT2D eigenvalue weighted by Crippen LogP contribution is 2.32. The van der Waals surface area contributed by atoms with Crippen LogP contribution >= 0.6 is 11.6 Å². The van der Waals surface area contributed by atoms with Crippen molar-refractivity contribution in [1.82, 2.24) is 5.32 Å². The minimum absolute atomic E-state index is 0.238. The van der Waals surface area contributed by atoms with Crippen molar-refractivity contribution in [3.63, 3.8) is 0 Å². The van der Waals surface area contributed by atoms with Gasteiger partial charge in [0.25, 0.3) is 0 Å². The van der Waals surface area contributed by atoms with E-state index in [1.54, 1.807) is 0 Å². The molecule has 16 heavy (non-hydrogen) atoms. The van der Waals surface area contributed by atoms with Crippen molar-refractivity contribution in [2.24, 2.45) is 5.92 Å². The molecule has 0 saturated carbocycles. The topological polar surface area (TPSA) is 32.3 Å². The van der Waals surface area contributed by atoms with Gasteiger partial charge in [-0.15, -0.1) is 0 Å². The van der Waals surface area contributed by atoms with Crippen LogP contribution in [0, 0.1) is 5.92 Å². The van der Waals surface area contributed by atoms with Crippen molar-refractivity contribution >= 4 is 11.6 Å². The van der Waals surface area contributed by atoms with Crippen molar-refractivity contribution in [1.29, 1.82) is 0 Å². The van der Waals surface area contributed by atoms with Crippen LogP contribution in [0.2, 0.25) is 5.02 Å². The summed E-state index contributed by atoms with van der Waals surface area (Å²) < 4.78 is 0. The average molecular weight is 240 g/mol. The first-order valence-electron chi connectivity index (χ1n) is 5.83. The highest BCUT2D eigenvalue weighted by Gasteiger charge is 2.22. The number of rotatable bonds is 4. The van der Waals surface area contributed by atoms with Crippen LogP contribution in [0.15, 0.2) is 18.2 Å². The van der Waals surface area contributed by atoms with E-state index in [2.05, 4.69) is 17.4 Å². The minimum Gasteiger partial charge on any atom is -0.396 e. The van der Waals surface area contributed by atoms with Crippen molar-refractivity contribution in [3.8, 4) is 0 Å². The summed E-state index contributed by atoms with van der Waals surface area (Å²) >= 11 is 6.01. The standard InChI is InChI=1S/C13H18ClNO/c1-9(8-16)7-15-13-5-3-10-2-4-11(14)6-12(10)13/h2,4,6,9,13,15-16H,3,5,7-8H2,1H3. The lowest BCUT2D eigenvalue weighted by molar-refractivity contribution is 0.230. The summed E-state index contributed by atoms with van der Waals surface area (Å²) in [4.78, 5) is 0. The molecular weight excluding hydrogens is 222 g/mol. The van der Waals surface area contributed by atoms with Crippen LogP contribution < -0.4 is 5.32 Å². The third-order valence-corrected chi connectivity index (χ3v) is 3.45. The maximum atomic E-state index is 8.99. The number of aliphatic hydroxyl groups is 1. The number of nitrogens with one attached hydrogen (secondary N) is 1. The zero-order valence-corrected chi connectivity index (χ0v) is 10.3. The highest BCUT2D eigenvalue weighted by molar-refractivity contribution is 6.30. The molecule has 1 aliphatic rings. The summed E-state index contributed by atoms with van der Waals surface area (Å²) in [6.07, 6.45) is 2.26. The van der Waals surface area contributed by atoms with Gasteiger partial charge in [0, 0.05) is 24.2 Å². The normalized spacial score (nSPS) is 20.8. The predicted molar refractivity (Wildman–Crippen MR) is 66.8 cm³/mol. The molecule has 2 N–H and O–H groups in total. The Morgan fingerprint density at radius 1 is 1.56 bits per heavy atom. The molecule has 3 heteroatoms. The van der Waals surface area contributed by atoms with E-state index in [0.29, 0.717) is 12.0 Å². The summed E-state index contributed by atoms with van der Waals surface area (Å²) in [6, 6.07) is 6.54. The predicted octanol–water partition coefficient (Wildman–Crippen LogP) is 2.55. The quantitative estimate of drug-likeness (QED) is 0.847. The van der Waals surface area contributed by atoms with Crippen molar-refractivity contribution in [2.75, 3.05) is 13.2 Å². The molecule has 0 radical (unpaired) electrons. The van der Waals surface area contributed by atoms with Gasteiger partial charge in [0.2, 0.25) is 0 Å². The van der Waals surface area contributed by atoms with E-state index in [1.807, 2.05) is 13.0 Å². The zero-order chi connectivity index (χ0) is 11.5. The first-order chi connectivity index (χ1) is 7.70. The van der Waals surface area contributed by atoms with Crippen molar-refractivity contribution in [2.45, 2.75) is 25.8 Å². The second-order valence-electron chi connectivity index (χ2n) is 4.63. The first-order valence-corrected chi connectivity index (χ1v) is 6.21. The molecule has 88 valence electrons. The smallest absolute Gasteiger partial charge is 0.0468 e. The van der Waals surface area contributed by atoms with Gasteiger partial charge in [-0.2, -0.15) is 0 Å². The van der Waals surface area contributed by atoms with Gasteiger partial charge in [-0.1, -0.05) is 24.6 Å². The Kier molecular flexibility index (Phi) is 3.85. The molecule has 0 amide bonds. The first kappa shape index (κ1) is 11.9. The van der Waals surface area contributed by atoms with E-state index < -0.39 is 0 Å². The summed E-state index contributed by atoms with van der Waals surface area (Å²) in [5.41, 5.74) is 2.73. The average Bonchev–Trinajstić information content (AvgIpc) is 2.68. The maximum Gasteiger partial charge on any atom is 0.0468 e. The van der Waals surface area contributed by atoms with Gasteiger partial charge in [0.05, 0.1) is 0 Å². The number of hydrogen-bond acceptors (Lipinski definition) is 2. The fourth-order valence-electron chi connectivity index (χ4n) is 2.19. The molecule has 0 aromatic heterocycles. The van der Waals surface area contributed by atoms with Crippen LogP contribution in [-0.4, -0.2) is 18.3 Å². The molecular formula is C13H18ClNO. The fraction of sp³-hybridized carbons (Fsp3) is 0.538. The Morgan fingerprint density at radius 3 is 3.12 bits per heavy atom. The van der Waals surface area contributed by atoms with E-state index in [0.717, 1.165) is 24.4 Å². The molecule has 0 fully saturated rings. The largest absolute Gasteiger partial charge is 0.396 e. The van der Waals surface area contributed by atoms with Gasteiger partial charge in [0.15, 0.2) is 0 Å².